The van der Waals surface area contributed by atoms with Crippen molar-refractivity contribution in [1.29, 1.82) is 0 Å². The van der Waals surface area contributed by atoms with Gasteiger partial charge in [0.25, 0.3) is 5.91 Å². The first-order chi connectivity index (χ1) is 9.08. The maximum absolute atomic E-state index is 12.1. The number of rotatable bonds is 3. The van der Waals surface area contributed by atoms with Crippen LogP contribution < -0.4 is 5.32 Å². The summed E-state index contributed by atoms with van der Waals surface area (Å²) < 4.78 is 0. The van der Waals surface area contributed by atoms with Gasteiger partial charge in [-0.25, -0.2) is 0 Å². The van der Waals surface area contributed by atoms with Crippen molar-refractivity contribution in [1.82, 2.24) is 0 Å². The number of aryl methyl sites for hydroxylation is 1. The Bertz CT molecular complexity index is 573. The lowest BCUT2D eigenvalue weighted by Gasteiger charge is -2.12. The number of anilines is 1. The Morgan fingerprint density at radius 2 is 1.74 bits per heavy atom. The van der Waals surface area contributed by atoms with E-state index in [0.717, 1.165) is 11.3 Å². The smallest absolute Gasteiger partial charge is 0.255 e. The lowest BCUT2D eigenvalue weighted by molar-refractivity contribution is 0.102. The summed E-state index contributed by atoms with van der Waals surface area (Å²) in [7, 11) is 0. The summed E-state index contributed by atoms with van der Waals surface area (Å²) in [6, 6.07) is 15.4. The number of carbonyl (C=O) groups is 1. The molecule has 2 rings (SSSR count). The van der Waals surface area contributed by atoms with Crippen molar-refractivity contribution in [2.24, 2.45) is 0 Å². The number of amides is 1. The average molecular weight is 253 g/mol. The molecular formula is C17H19NO. The van der Waals surface area contributed by atoms with Crippen LogP contribution in [0.2, 0.25) is 0 Å². The second-order valence-electron chi connectivity index (χ2n) is 5.05. The molecule has 0 aliphatic rings. The molecular weight excluding hydrogens is 234 g/mol. The van der Waals surface area contributed by atoms with Gasteiger partial charge in [0.05, 0.1) is 0 Å². The van der Waals surface area contributed by atoms with Crippen LogP contribution in [-0.4, -0.2) is 5.91 Å². The van der Waals surface area contributed by atoms with Crippen molar-refractivity contribution in [3.63, 3.8) is 0 Å². The third-order valence-corrected chi connectivity index (χ3v) is 3.20. The fraction of sp³-hybridized carbons (Fsp3) is 0.235. The first-order valence-corrected chi connectivity index (χ1v) is 6.55. The van der Waals surface area contributed by atoms with E-state index in [0.29, 0.717) is 11.5 Å². The van der Waals surface area contributed by atoms with Crippen molar-refractivity contribution in [3.05, 3.63) is 65.2 Å². The molecule has 2 nitrogen and oxygen atoms in total. The normalized spacial score (nSPS) is 10.5. The van der Waals surface area contributed by atoms with Crippen molar-refractivity contribution in [3.8, 4) is 0 Å². The summed E-state index contributed by atoms with van der Waals surface area (Å²) in [5, 5.41) is 2.95. The zero-order valence-corrected chi connectivity index (χ0v) is 11.6. The molecule has 1 amide bonds. The van der Waals surface area contributed by atoms with E-state index in [-0.39, 0.29) is 5.91 Å². The molecule has 2 heteroatoms. The van der Waals surface area contributed by atoms with Gasteiger partial charge in [0.1, 0.15) is 0 Å². The lowest BCUT2D eigenvalue weighted by Crippen LogP contribution is -2.12. The Morgan fingerprint density at radius 1 is 1.05 bits per heavy atom. The molecule has 0 atom stereocenters. The van der Waals surface area contributed by atoms with Crippen molar-refractivity contribution in [2.75, 3.05) is 5.32 Å². The summed E-state index contributed by atoms with van der Waals surface area (Å²) in [6.07, 6.45) is 0. The Labute approximate surface area is 114 Å². The van der Waals surface area contributed by atoms with Gasteiger partial charge in [-0.15, -0.1) is 0 Å². The number of hydrogen-bond acceptors (Lipinski definition) is 1. The minimum Gasteiger partial charge on any atom is -0.322 e. The number of benzene rings is 2. The highest BCUT2D eigenvalue weighted by atomic mass is 16.1. The van der Waals surface area contributed by atoms with E-state index in [4.69, 9.17) is 0 Å². The topological polar surface area (TPSA) is 29.1 Å². The zero-order valence-electron chi connectivity index (χ0n) is 11.6. The molecule has 0 aliphatic carbocycles. The predicted octanol–water partition coefficient (Wildman–Crippen LogP) is 4.37. The molecule has 19 heavy (non-hydrogen) atoms. The SMILES string of the molecule is Cc1cc(C(C)C)ccc1NC(=O)c1ccccc1. The highest BCUT2D eigenvalue weighted by Gasteiger charge is 2.08. The third-order valence-electron chi connectivity index (χ3n) is 3.20. The Hall–Kier alpha value is -2.09. The van der Waals surface area contributed by atoms with Gasteiger partial charge in [0.2, 0.25) is 0 Å². The standard InChI is InChI=1S/C17H19NO/c1-12(2)15-9-10-16(13(3)11-15)18-17(19)14-7-5-4-6-8-14/h4-12H,1-3H3,(H,18,19). The van der Waals surface area contributed by atoms with Crippen LogP contribution in [0.5, 0.6) is 0 Å². The summed E-state index contributed by atoms with van der Waals surface area (Å²) in [5.74, 6) is 0.429. The van der Waals surface area contributed by atoms with Crippen LogP contribution in [0, 0.1) is 6.92 Å². The lowest BCUT2D eigenvalue weighted by atomic mass is 10.0. The number of nitrogens with one attached hydrogen (secondary N) is 1. The van der Waals surface area contributed by atoms with Gasteiger partial charge in [-0.2, -0.15) is 0 Å². The van der Waals surface area contributed by atoms with E-state index in [2.05, 4.69) is 31.3 Å². The molecule has 0 radical (unpaired) electrons. The van der Waals surface area contributed by atoms with Crippen LogP contribution in [0.1, 0.15) is 41.3 Å². The largest absolute Gasteiger partial charge is 0.322 e. The van der Waals surface area contributed by atoms with Gasteiger partial charge in [0.15, 0.2) is 0 Å². The number of hydrogen-bond donors (Lipinski definition) is 1. The fourth-order valence-corrected chi connectivity index (χ4v) is 1.97. The maximum Gasteiger partial charge on any atom is 0.255 e. The van der Waals surface area contributed by atoms with Crippen LogP contribution in [0.25, 0.3) is 0 Å². The van der Waals surface area contributed by atoms with E-state index in [1.807, 2.05) is 43.3 Å². The highest BCUT2D eigenvalue weighted by Crippen LogP contribution is 2.22. The summed E-state index contributed by atoms with van der Waals surface area (Å²) in [6.45, 7) is 6.35. The monoisotopic (exact) mass is 253 g/mol. The Morgan fingerprint density at radius 3 is 2.32 bits per heavy atom. The molecule has 98 valence electrons. The van der Waals surface area contributed by atoms with Gasteiger partial charge in [-0.05, 0) is 42.2 Å². The van der Waals surface area contributed by atoms with Gasteiger partial charge < -0.3 is 5.32 Å². The van der Waals surface area contributed by atoms with Crippen LogP contribution in [0.4, 0.5) is 5.69 Å². The molecule has 1 N–H and O–H groups in total. The molecule has 0 spiro atoms. The molecule has 0 unspecified atom stereocenters. The molecule has 0 aromatic heterocycles. The van der Waals surface area contributed by atoms with Gasteiger partial charge in [-0.3, -0.25) is 4.79 Å². The van der Waals surface area contributed by atoms with E-state index in [9.17, 15) is 4.79 Å². The number of carbonyl (C=O) groups excluding carboxylic acids is 1. The summed E-state index contributed by atoms with van der Waals surface area (Å²) >= 11 is 0. The van der Waals surface area contributed by atoms with E-state index < -0.39 is 0 Å². The van der Waals surface area contributed by atoms with Crippen LogP contribution in [0.3, 0.4) is 0 Å². The van der Waals surface area contributed by atoms with Crippen LogP contribution in [-0.2, 0) is 0 Å². The minimum absolute atomic E-state index is 0.0685. The van der Waals surface area contributed by atoms with E-state index in [1.54, 1.807) is 0 Å². The Balaban J connectivity index is 2.18. The first kappa shape index (κ1) is 13.3. The van der Waals surface area contributed by atoms with E-state index >= 15 is 0 Å². The molecule has 2 aromatic carbocycles. The molecule has 0 heterocycles. The van der Waals surface area contributed by atoms with Crippen LogP contribution >= 0.6 is 0 Å². The molecule has 0 saturated heterocycles. The van der Waals surface area contributed by atoms with E-state index in [1.165, 1.54) is 5.56 Å². The average Bonchev–Trinajstić information content (AvgIpc) is 2.41. The minimum atomic E-state index is -0.0685. The first-order valence-electron chi connectivity index (χ1n) is 6.55. The second kappa shape index (κ2) is 5.70. The van der Waals surface area contributed by atoms with Crippen molar-refractivity contribution >= 4 is 11.6 Å². The van der Waals surface area contributed by atoms with Gasteiger partial charge >= 0.3 is 0 Å². The van der Waals surface area contributed by atoms with Gasteiger partial charge in [-0.1, -0.05) is 44.2 Å². The Kier molecular flexibility index (Phi) is 4.00. The summed E-state index contributed by atoms with van der Waals surface area (Å²) in [5.41, 5.74) is 3.93. The van der Waals surface area contributed by atoms with Crippen molar-refractivity contribution in [2.45, 2.75) is 26.7 Å². The zero-order chi connectivity index (χ0) is 13.8. The van der Waals surface area contributed by atoms with Crippen molar-refractivity contribution < 1.29 is 4.79 Å². The maximum atomic E-state index is 12.1. The highest BCUT2D eigenvalue weighted by molar-refractivity contribution is 6.04. The second-order valence-corrected chi connectivity index (χ2v) is 5.05. The molecule has 0 saturated carbocycles. The molecule has 2 aromatic rings. The van der Waals surface area contributed by atoms with Gasteiger partial charge in [0, 0.05) is 11.3 Å². The van der Waals surface area contributed by atoms with Crippen LogP contribution in [0.15, 0.2) is 48.5 Å². The molecule has 0 bridgehead atoms. The predicted molar refractivity (Wildman–Crippen MR) is 79.7 cm³/mol. The quantitative estimate of drug-likeness (QED) is 0.864. The third kappa shape index (κ3) is 3.22. The molecule has 0 fully saturated rings. The fourth-order valence-electron chi connectivity index (χ4n) is 1.97. The molecule has 0 aliphatic heterocycles. The summed E-state index contributed by atoms with van der Waals surface area (Å²) in [4.78, 5) is 12.1.